The maximum atomic E-state index is 13.9. The zero-order chi connectivity index (χ0) is 42.9. The minimum atomic E-state index is -4.90. The molecule has 0 radical (unpaired) electrons. The summed E-state index contributed by atoms with van der Waals surface area (Å²) in [5, 5.41) is 26.1. The summed E-state index contributed by atoms with van der Waals surface area (Å²) in [6.45, 7) is 5.59. The first kappa shape index (κ1) is 45.0. The summed E-state index contributed by atoms with van der Waals surface area (Å²) in [6, 6.07) is -3.49. The lowest BCUT2D eigenvalue weighted by Gasteiger charge is -2.29. The monoisotopic (exact) mass is 846 g/mol. The van der Waals surface area contributed by atoms with Crippen LogP contribution < -0.4 is 31.9 Å². The predicted octanol–water partition coefficient (Wildman–Crippen LogP) is -0.542. The molecule has 2 aliphatic heterocycles. The van der Waals surface area contributed by atoms with Gasteiger partial charge in [0.05, 0.1) is 17.8 Å². The molecule has 1 fully saturated rings. The number of hydrogen-bond acceptors (Lipinski definition) is 13. The predicted molar refractivity (Wildman–Crippen MR) is 207 cm³/mol. The number of nitrogens with zero attached hydrogens (tertiary/aromatic N) is 2. The summed E-state index contributed by atoms with van der Waals surface area (Å²) in [5.41, 5.74) is 0.824. The van der Waals surface area contributed by atoms with Gasteiger partial charge in [0.25, 0.3) is 21.9 Å². The minimum Gasteiger partial charge on any atom is -0.508 e. The van der Waals surface area contributed by atoms with Gasteiger partial charge >= 0.3 is 6.03 Å². The van der Waals surface area contributed by atoms with Crippen molar-refractivity contribution in [3.8, 4) is 5.75 Å². The van der Waals surface area contributed by atoms with Crippen LogP contribution >= 0.6 is 11.3 Å². The Balaban J connectivity index is 1.78. The molecule has 7 atom stereocenters. The number of ketones is 1. The number of carbonyl (C=O) groups excluding carboxylic acids is 8. The van der Waals surface area contributed by atoms with E-state index in [4.69, 9.17) is 0 Å². The normalized spacial score (nSPS) is 25.6. The summed E-state index contributed by atoms with van der Waals surface area (Å²) < 4.78 is 33.4. The molecule has 4 rings (SSSR count). The summed E-state index contributed by atoms with van der Waals surface area (Å²) >= 11 is 1.07. The average Bonchev–Trinajstić information content (AvgIpc) is 3.74. The number of imide groups is 1. The Labute approximate surface area is 337 Å². The van der Waals surface area contributed by atoms with Crippen molar-refractivity contribution in [2.24, 2.45) is 5.92 Å². The first-order valence-electron chi connectivity index (χ1n) is 18.4. The van der Waals surface area contributed by atoms with Crippen LogP contribution in [0.25, 0.3) is 6.08 Å². The van der Waals surface area contributed by atoms with Crippen molar-refractivity contribution < 1.29 is 56.4 Å². The maximum Gasteiger partial charge on any atom is 0.325 e. The molecule has 8 amide bonds. The molecule has 1 aromatic carbocycles. The Morgan fingerprint density at radius 2 is 1.57 bits per heavy atom. The van der Waals surface area contributed by atoms with Crippen LogP contribution in [0.5, 0.6) is 5.75 Å². The zero-order valence-corrected chi connectivity index (χ0v) is 33.6. The third kappa shape index (κ3) is 11.9. The number of hydrogen-bond donors (Lipinski definition) is 8. The van der Waals surface area contributed by atoms with E-state index >= 15 is 0 Å². The number of carbonyl (C=O) groups is 8. The number of urea groups is 1. The quantitative estimate of drug-likeness (QED) is 0.0895. The Morgan fingerprint density at radius 1 is 0.879 bits per heavy atom. The molecule has 20 nitrogen and oxygen atoms in total. The largest absolute Gasteiger partial charge is 0.508 e. The van der Waals surface area contributed by atoms with Crippen LogP contribution in [-0.2, 0) is 50.1 Å². The second kappa shape index (κ2) is 19.6. The first-order valence-corrected chi connectivity index (χ1v) is 20.8. The third-order valence-electron chi connectivity index (χ3n) is 9.41. The first-order chi connectivity index (χ1) is 27.3. The molecule has 8 N–H and O–H groups in total. The number of nitrogens with one attached hydrogen (secondary N) is 6. The number of phenolic OH excluding ortho intramolecular Hbond substituents is 1. The molecule has 0 saturated carbocycles. The van der Waals surface area contributed by atoms with Gasteiger partial charge in [-0.05, 0) is 49.5 Å². The number of benzene rings is 1. The summed E-state index contributed by atoms with van der Waals surface area (Å²) in [4.78, 5) is 113. The highest BCUT2D eigenvalue weighted by molar-refractivity contribution is 7.85. The second-order valence-corrected chi connectivity index (χ2v) is 16.3. The van der Waals surface area contributed by atoms with Crippen LogP contribution in [0.15, 0.2) is 35.7 Å². The van der Waals surface area contributed by atoms with Crippen LogP contribution in [0.3, 0.4) is 0 Å². The van der Waals surface area contributed by atoms with Gasteiger partial charge in [-0.25, -0.2) is 14.7 Å². The molecule has 58 heavy (non-hydrogen) atoms. The van der Waals surface area contributed by atoms with Gasteiger partial charge in [-0.15, -0.1) is 11.3 Å². The van der Waals surface area contributed by atoms with E-state index in [0.29, 0.717) is 28.3 Å². The SMILES string of the molecule is CCC[C@@H]1NC(=O)[C@@H](N2C(=O)N[C@@H](C)C2=O)CNC(=O)[C@H](CS(=O)(=O)O)NC(=O)/C=C/c2csc(n2)[C@H](Cc2ccc(O)cc2)NC(=O)C(=O)[C@H]([C@@H](C)CC)NC1=O. The van der Waals surface area contributed by atoms with Crippen LogP contribution in [0.2, 0.25) is 0 Å². The number of amides is 8. The molecule has 0 aliphatic carbocycles. The Kier molecular flexibility index (Phi) is 15.2. The molecule has 22 heteroatoms. The number of aromatic nitrogens is 1. The van der Waals surface area contributed by atoms with Crippen molar-refractivity contribution in [1.29, 1.82) is 0 Å². The van der Waals surface area contributed by atoms with E-state index < -0.39 is 112 Å². The van der Waals surface area contributed by atoms with Gasteiger partial charge < -0.3 is 37.0 Å². The maximum absolute atomic E-state index is 13.9. The van der Waals surface area contributed by atoms with Crippen molar-refractivity contribution in [2.45, 2.75) is 89.6 Å². The molecule has 2 aliphatic rings. The highest BCUT2D eigenvalue weighted by Gasteiger charge is 2.44. The van der Waals surface area contributed by atoms with Gasteiger partial charge in [-0.1, -0.05) is 45.7 Å². The van der Waals surface area contributed by atoms with Gasteiger partial charge in [-0.2, -0.15) is 8.42 Å². The smallest absolute Gasteiger partial charge is 0.325 e. The summed E-state index contributed by atoms with van der Waals surface area (Å²) in [5.74, 6) is -9.03. The number of aromatic hydroxyl groups is 1. The molecule has 3 heterocycles. The fourth-order valence-corrected chi connectivity index (χ4v) is 7.57. The molecule has 314 valence electrons. The second-order valence-electron chi connectivity index (χ2n) is 13.9. The molecule has 1 saturated heterocycles. The van der Waals surface area contributed by atoms with Gasteiger partial charge in [0.1, 0.15) is 40.7 Å². The molecular weight excluding hydrogens is 801 g/mol. The number of thiazole rings is 1. The van der Waals surface area contributed by atoms with Crippen molar-refractivity contribution in [1.82, 2.24) is 41.8 Å². The Hall–Kier alpha value is -5.74. The Bertz CT molecular complexity index is 2060. The number of phenols is 1. The molecule has 2 aromatic rings. The van der Waals surface area contributed by atoms with E-state index in [0.717, 1.165) is 17.4 Å². The standard InChI is InChI=1S/C36H46N8O12S2/c1-5-7-23-31(49)43-28(18(3)6-2)29(47)33(51)42-24(14-20-8-11-22(45)12-9-20)34-39-21(16-57-34)10-13-27(46)40-25(17-58(54,55)56)30(48)37-15-26(32(50)41-23)44-35(52)19(4)38-36(44)53/h8-13,16,18-19,23-26,28,45H,5-7,14-15,17H2,1-4H3,(H,37,48)(H,38,53)(H,40,46)(H,41,50)(H,42,51)(H,43,49)(H,54,55,56)/b13-10+/t18-,19-,23-,24-,25-,26-,28-/m0/s1. The highest BCUT2D eigenvalue weighted by atomic mass is 32.2. The van der Waals surface area contributed by atoms with Gasteiger partial charge in [-0.3, -0.25) is 38.1 Å². The van der Waals surface area contributed by atoms with E-state index in [1.807, 2.05) is 0 Å². The number of Topliss-reactive ketones (excluding diaryl/α,β-unsaturated/α-hetero) is 1. The summed E-state index contributed by atoms with van der Waals surface area (Å²) in [6.07, 6.45) is 2.86. The molecular formula is C36H46N8O12S2. The molecule has 1 aromatic heterocycles. The number of fused-ring (bicyclic) bond motifs is 2. The van der Waals surface area contributed by atoms with E-state index in [9.17, 15) is 56.4 Å². The number of rotatable bonds is 9. The van der Waals surface area contributed by atoms with Gasteiger partial charge in [0, 0.05) is 18.0 Å². The fourth-order valence-electron chi connectivity index (χ4n) is 6.07. The minimum absolute atomic E-state index is 0.00777. The molecule has 2 bridgehead atoms. The van der Waals surface area contributed by atoms with Crippen molar-refractivity contribution in [3.63, 3.8) is 0 Å². The van der Waals surface area contributed by atoms with Crippen molar-refractivity contribution in [2.75, 3.05) is 12.3 Å². The highest BCUT2D eigenvalue weighted by Crippen LogP contribution is 2.25. The van der Waals surface area contributed by atoms with Crippen LogP contribution in [0.1, 0.15) is 69.3 Å². The van der Waals surface area contributed by atoms with E-state index in [-0.39, 0.29) is 24.3 Å². The van der Waals surface area contributed by atoms with E-state index in [1.54, 1.807) is 32.9 Å². The summed E-state index contributed by atoms with van der Waals surface area (Å²) in [7, 11) is -4.90. The lowest BCUT2D eigenvalue weighted by molar-refractivity contribution is -0.142. The van der Waals surface area contributed by atoms with Crippen LogP contribution in [-0.4, -0.2) is 118 Å². The van der Waals surface area contributed by atoms with Crippen molar-refractivity contribution in [3.05, 3.63) is 52.0 Å². The third-order valence-corrected chi connectivity index (χ3v) is 11.1. The topological polar surface area (TPSA) is 299 Å². The van der Waals surface area contributed by atoms with Crippen LogP contribution in [0.4, 0.5) is 4.79 Å². The van der Waals surface area contributed by atoms with Crippen LogP contribution in [0, 0.1) is 5.92 Å². The average molecular weight is 847 g/mol. The molecule has 0 unspecified atom stereocenters. The fraction of sp³-hybridized carbons (Fsp3) is 0.472. The Morgan fingerprint density at radius 3 is 2.17 bits per heavy atom. The van der Waals surface area contributed by atoms with Crippen molar-refractivity contribution >= 4 is 74.8 Å². The van der Waals surface area contributed by atoms with Gasteiger partial charge in [0.15, 0.2) is 0 Å². The van der Waals surface area contributed by atoms with E-state index in [2.05, 4.69) is 36.9 Å². The lowest BCUT2D eigenvalue weighted by atomic mass is 9.94. The lowest BCUT2D eigenvalue weighted by Crippen LogP contribution is -2.61. The van der Waals surface area contributed by atoms with E-state index in [1.165, 1.54) is 30.5 Å². The molecule has 0 spiro atoms. The zero-order valence-electron chi connectivity index (χ0n) is 32.0. The van der Waals surface area contributed by atoms with Gasteiger partial charge in [0.2, 0.25) is 29.4 Å².